The third-order valence-corrected chi connectivity index (χ3v) is 2.22. The fourth-order valence-electron chi connectivity index (χ4n) is 1.11. The van der Waals surface area contributed by atoms with E-state index in [1.165, 1.54) is 13.8 Å². The topological polar surface area (TPSA) is 34.9 Å². The number of nitrogens with zero attached hydrogens (tertiary/aromatic N) is 2. The minimum atomic E-state index is -4.51. The summed E-state index contributed by atoms with van der Waals surface area (Å²) >= 11 is 5.18. The number of hydrogen-bond acceptors (Lipinski definition) is 2. The van der Waals surface area contributed by atoms with Crippen LogP contribution in [-0.2, 0) is 11.0 Å². The third kappa shape index (κ3) is 2.50. The Morgan fingerprint density at radius 2 is 2.13 bits per heavy atom. The van der Waals surface area contributed by atoms with E-state index >= 15 is 0 Å². The summed E-state index contributed by atoms with van der Waals surface area (Å²) in [5.74, 6) is 0. The normalized spacial score (nSPS) is 14.0. The van der Waals surface area contributed by atoms with E-state index in [1.807, 2.05) is 0 Å². The highest BCUT2D eigenvalue weighted by Gasteiger charge is 2.35. The van der Waals surface area contributed by atoms with Crippen molar-refractivity contribution in [1.82, 2.24) is 9.78 Å². The summed E-state index contributed by atoms with van der Waals surface area (Å²) in [5.41, 5.74) is -0.784. The second-order valence-electron chi connectivity index (χ2n) is 3.09. The first-order chi connectivity index (χ1) is 6.73. The lowest BCUT2D eigenvalue weighted by Gasteiger charge is -2.08. The predicted molar refractivity (Wildman–Crippen MR) is 47.5 cm³/mol. The van der Waals surface area contributed by atoms with E-state index in [4.69, 9.17) is 11.6 Å². The van der Waals surface area contributed by atoms with Gasteiger partial charge in [0.25, 0.3) is 0 Å². The molecule has 0 radical (unpaired) electrons. The van der Waals surface area contributed by atoms with Crippen LogP contribution in [0.4, 0.5) is 13.2 Å². The van der Waals surface area contributed by atoms with Crippen LogP contribution < -0.4 is 0 Å². The van der Waals surface area contributed by atoms with E-state index < -0.39 is 23.2 Å². The van der Waals surface area contributed by atoms with Crippen LogP contribution in [0.15, 0.2) is 6.07 Å². The Hall–Kier alpha value is -1.04. The van der Waals surface area contributed by atoms with E-state index in [-0.39, 0.29) is 5.69 Å². The molecule has 0 saturated carbocycles. The zero-order chi connectivity index (χ0) is 11.8. The van der Waals surface area contributed by atoms with Crippen molar-refractivity contribution < 1.29 is 18.0 Å². The molecule has 7 heteroatoms. The molecule has 0 bridgehead atoms. The Balaban J connectivity index is 3.12. The van der Waals surface area contributed by atoms with Crippen molar-refractivity contribution in [3.05, 3.63) is 17.5 Å². The predicted octanol–water partition coefficient (Wildman–Crippen LogP) is 2.54. The van der Waals surface area contributed by atoms with E-state index in [0.717, 1.165) is 10.7 Å². The summed E-state index contributed by atoms with van der Waals surface area (Å²) < 4.78 is 37.7. The van der Waals surface area contributed by atoms with Crippen molar-refractivity contribution in [2.24, 2.45) is 0 Å². The third-order valence-electron chi connectivity index (χ3n) is 1.91. The summed E-state index contributed by atoms with van der Waals surface area (Å²) in [7, 11) is 0. The van der Waals surface area contributed by atoms with E-state index in [0.29, 0.717) is 0 Å². The van der Waals surface area contributed by atoms with Gasteiger partial charge < -0.3 is 0 Å². The van der Waals surface area contributed by atoms with Gasteiger partial charge in [-0.15, -0.1) is 0 Å². The van der Waals surface area contributed by atoms with Crippen LogP contribution >= 0.6 is 11.6 Å². The molecule has 0 saturated heterocycles. The fraction of sp³-hybridized carbons (Fsp3) is 0.500. The molecule has 84 valence electrons. The second-order valence-corrected chi connectivity index (χ2v) is 3.47. The summed E-state index contributed by atoms with van der Waals surface area (Å²) in [4.78, 5) is 10.8. The summed E-state index contributed by atoms with van der Waals surface area (Å²) in [6, 6.07) is -0.0289. The number of hydrogen-bond donors (Lipinski definition) is 0. The summed E-state index contributed by atoms with van der Waals surface area (Å²) in [6.07, 6.45) is -4.51. The van der Waals surface area contributed by atoms with Gasteiger partial charge in [-0.1, -0.05) is 0 Å². The molecule has 1 heterocycles. The Kier molecular flexibility index (Phi) is 3.08. The van der Waals surface area contributed by atoms with Gasteiger partial charge in [0.1, 0.15) is 6.04 Å². The number of carbonyl (C=O) groups excluding carboxylic acids is 1. The molecular weight excluding hydrogens is 233 g/mol. The van der Waals surface area contributed by atoms with Gasteiger partial charge in [-0.2, -0.15) is 18.3 Å². The maximum atomic E-state index is 12.3. The van der Waals surface area contributed by atoms with Crippen LogP contribution in [0.5, 0.6) is 0 Å². The van der Waals surface area contributed by atoms with Gasteiger partial charge in [0.15, 0.2) is 5.69 Å². The van der Waals surface area contributed by atoms with E-state index in [2.05, 4.69) is 5.10 Å². The quantitative estimate of drug-likeness (QED) is 0.745. The van der Waals surface area contributed by atoms with Gasteiger partial charge in [0.2, 0.25) is 5.24 Å². The Morgan fingerprint density at radius 3 is 2.47 bits per heavy atom. The van der Waals surface area contributed by atoms with Crippen LogP contribution in [0.3, 0.4) is 0 Å². The highest BCUT2D eigenvalue weighted by molar-refractivity contribution is 6.64. The van der Waals surface area contributed by atoms with Crippen molar-refractivity contribution >= 4 is 16.8 Å². The Labute approximate surface area is 88.8 Å². The zero-order valence-electron chi connectivity index (χ0n) is 7.97. The molecule has 1 aromatic heterocycles. The summed E-state index contributed by atoms with van der Waals surface area (Å²) in [5, 5.41) is 2.53. The standard InChI is InChI=1S/C8H8ClF3N2O/c1-4-3-6(8(10,11)12)13-14(4)5(2)7(9)15/h3,5H,1-2H3/t5-/m1/s1. The first-order valence-electron chi connectivity index (χ1n) is 4.06. The molecule has 0 N–H and O–H groups in total. The lowest BCUT2D eigenvalue weighted by Crippen LogP contribution is -2.16. The molecule has 0 aliphatic heterocycles. The minimum Gasteiger partial charge on any atom is -0.279 e. The molecule has 0 unspecified atom stereocenters. The van der Waals surface area contributed by atoms with Crippen LogP contribution in [-0.4, -0.2) is 15.0 Å². The Morgan fingerprint density at radius 1 is 1.60 bits per heavy atom. The van der Waals surface area contributed by atoms with Gasteiger partial charge in [0.05, 0.1) is 0 Å². The van der Waals surface area contributed by atoms with Crippen molar-refractivity contribution in [2.45, 2.75) is 26.1 Å². The van der Waals surface area contributed by atoms with Crippen molar-refractivity contribution in [3.8, 4) is 0 Å². The van der Waals surface area contributed by atoms with Gasteiger partial charge in [-0.25, -0.2) is 0 Å². The van der Waals surface area contributed by atoms with Crippen LogP contribution in [0.25, 0.3) is 0 Å². The molecule has 15 heavy (non-hydrogen) atoms. The molecule has 0 amide bonds. The molecule has 0 aromatic carbocycles. The first kappa shape index (κ1) is 12.0. The molecule has 0 aliphatic carbocycles. The average Bonchev–Trinajstić information content (AvgIpc) is 2.45. The zero-order valence-corrected chi connectivity index (χ0v) is 8.73. The number of alkyl halides is 3. The number of aryl methyl sites for hydroxylation is 1. The van der Waals surface area contributed by atoms with Crippen molar-refractivity contribution in [2.75, 3.05) is 0 Å². The number of rotatable bonds is 2. The molecule has 1 atom stereocenters. The molecule has 1 aromatic rings. The highest BCUT2D eigenvalue weighted by Crippen LogP contribution is 2.29. The maximum absolute atomic E-state index is 12.3. The summed E-state index contributed by atoms with van der Waals surface area (Å²) in [6.45, 7) is 2.81. The number of carbonyl (C=O) groups is 1. The lowest BCUT2D eigenvalue weighted by molar-refractivity contribution is -0.141. The van der Waals surface area contributed by atoms with E-state index in [9.17, 15) is 18.0 Å². The smallest absolute Gasteiger partial charge is 0.279 e. The number of halogens is 4. The van der Waals surface area contributed by atoms with Gasteiger partial charge >= 0.3 is 6.18 Å². The van der Waals surface area contributed by atoms with Crippen LogP contribution in [0, 0.1) is 6.92 Å². The minimum absolute atomic E-state index is 0.240. The highest BCUT2D eigenvalue weighted by atomic mass is 35.5. The number of aromatic nitrogens is 2. The molecule has 0 fully saturated rings. The maximum Gasteiger partial charge on any atom is 0.435 e. The molecule has 1 rings (SSSR count). The van der Waals surface area contributed by atoms with Crippen molar-refractivity contribution in [3.63, 3.8) is 0 Å². The first-order valence-corrected chi connectivity index (χ1v) is 4.44. The molecule has 3 nitrogen and oxygen atoms in total. The fourth-order valence-corrected chi connectivity index (χ4v) is 1.21. The van der Waals surface area contributed by atoms with E-state index in [1.54, 1.807) is 0 Å². The van der Waals surface area contributed by atoms with Crippen LogP contribution in [0.2, 0.25) is 0 Å². The molecule has 0 aliphatic rings. The van der Waals surface area contributed by atoms with Gasteiger partial charge in [-0.3, -0.25) is 9.48 Å². The molecule has 0 spiro atoms. The lowest BCUT2D eigenvalue weighted by atomic mass is 10.3. The average molecular weight is 241 g/mol. The van der Waals surface area contributed by atoms with Crippen LogP contribution in [0.1, 0.15) is 24.4 Å². The van der Waals surface area contributed by atoms with Gasteiger partial charge in [0, 0.05) is 5.69 Å². The molecular formula is C8H8ClF3N2O. The SMILES string of the molecule is Cc1cc(C(F)(F)F)nn1[C@H](C)C(=O)Cl. The van der Waals surface area contributed by atoms with Crippen molar-refractivity contribution in [1.29, 1.82) is 0 Å². The largest absolute Gasteiger partial charge is 0.435 e. The Bertz CT molecular complexity index is 386. The van der Waals surface area contributed by atoms with Gasteiger partial charge in [-0.05, 0) is 31.5 Å². The monoisotopic (exact) mass is 240 g/mol. The second kappa shape index (κ2) is 3.84.